The van der Waals surface area contributed by atoms with Crippen LogP contribution in [0.2, 0.25) is 0 Å². The second-order valence-corrected chi connectivity index (χ2v) is 15.5. The van der Waals surface area contributed by atoms with Gasteiger partial charge in [0.05, 0.1) is 0 Å². The van der Waals surface area contributed by atoms with Crippen molar-refractivity contribution in [1.82, 2.24) is 0 Å². The minimum atomic E-state index is 1.22. The molecule has 0 aliphatic rings. The molecular formula is C56H50. The molecule has 0 spiro atoms. The lowest BCUT2D eigenvalue weighted by Crippen LogP contribution is -2.03. The van der Waals surface area contributed by atoms with Crippen LogP contribution in [-0.2, 0) is 0 Å². The molecule has 0 saturated heterocycles. The van der Waals surface area contributed by atoms with E-state index < -0.39 is 0 Å². The van der Waals surface area contributed by atoms with Gasteiger partial charge in [0.1, 0.15) is 0 Å². The Morgan fingerprint density at radius 1 is 0.214 bits per heavy atom. The smallest absolute Gasteiger partial charge is 0.00668 e. The van der Waals surface area contributed by atoms with E-state index in [1.165, 1.54) is 122 Å². The molecule has 0 saturated carbocycles. The molecule has 0 radical (unpaired) electrons. The third-order valence-electron chi connectivity index (χ3n) is 12.6. The highest BCUT2D eigenvalue weighted by molar-refractivity contribution is 6.02. The van der Waals surface area contributed by atoms with Gasteiger partial charge < -0.3 is 0 Å². The molecule has 56 heavy (non-hydrogen) atoms. The van der Waals surface area contributed by atoms with Crippen LogP contribution in [0.3, 0.4) is 0 Å². The highest BCUT2D eigenvalue weighted by Crippen LogP contribution is 2.48. The largest absolute Gasteiger partial charge is 0.0622 e. The van der Waals surface area contributed by atoms with Crippen molar-refractivity contribution in [3.05, 3.63) is 202 Å². The van der Waals surface area contributed by atoms with E-state index in [2.05, 4.69) is 213 Å². The number of hydrogen-bond acceptors (Lipinski definition) is 0. The second-order valence-electron chi connectivity index (χ2n) is 15.5. The molecule has 0 aliphatic heterocycles. The molecule has 8 rings (SSSR count). The zero-order chi connectivity index (χ0) is 39.1. The standard InChI is InChI=1S/C56H50/c1-35-34-54(55-41(7)38(4)37(3)39(5)42(55)8)56(40(6)36(35)2)53-33-21-20-32-52(53)51-31-19-18-30-50(51)49-29-17-16-28-48(49)47-27-15-14-26-46(47)45-25-13-12-24-44(45)43-22-10-9-11-23-43/h9-34H,1-8H3. The third kappa shape index (κ3) is 6.30. The van der Waals surface area contributed by atoms with Gasteiger partial charge in [-0.05, 0) is 178 Å². The van der Waals surface area contributed by atoms with E-state index in [9.17, 15) is 0 Å². The van der Waals surface area contributed by atoms with Crippen molar-refractivity contribution in [2.75, 3.05) is 0 Å². The Morgan fingerprint density at radius 3 is 0.911 bits per heavy atom. The average Bonchev–Trinajstić information content (AvgIpc) is 3.24. The van der Waals surface area contributed by atoms with Crippen molar-refractivity contribution in [3.63, 3.8) is 0 Å². The van der Waals surface area contributed by atoms with Crippen LogP contribution in [0.15, 0.2) is 158 Å². The van der Waals surface area contributed by atoms with E-state index in [4.69, 9.17) is 0 Å². The molecule has 0 nitrogen and oxygen atoms in total. The summed E-state index contributed by atoms with van der Waals surface area (Å²) < 4.78 is 0. The topological polar surface area (TPSA) is 0 Å². The summed E-state index contributed by atoms with van der Waals surface area (Å²) in [5, 5.41) is 0. The van der Waals surface area contributed by atoms with Gasteiger partial charge >= 0.3 is 0 Å². The molecule has 0 N–H and O–H groups in total. The molecular weight excluding hydrogens is 673 g/mol. The maximum Gasteiger partial charge on any atom is -0.00668 e. The molecule has 0 heteroatoms. The summed E-state index contributed by atoms with van der Waals surface area (Å²) in [6.07, 6.45) is 0. The molecule has 0 atom stereocenters. The predicted octanol–water partition coefficient (Wildman–Crippen LogP) is 15.8. The Hall–Kier alpha value is -6.24. The van der Waals surface area contributed by atoms with Crippen molar-refractivity contribution in [2.24, 2.45) is 0 Å². The molecule has 0 aromatic heterocycles. The van der Waals surface area contributed by atoms with Gasteiger partial charge in [0.25, 0.3) is 0 Å². The fourth-order valence-electron chi connectivity index (χ4n) is 8.91. The monoisotopic (exact) mass is 722 g/mol. The Kier molecular flexibility index (Phi) is 9.92. The molecule has 8 aromatic carbocycles. The van der Waals surface area contributed by atoms with Gasteiger partial charge in [-0.25, -0.2) is 0 Å². The van der Waals surface area contributed by atoms with Crippen molar-refractivity contribution in [2.45, 2.75) is 55.4 Å². The number of benzene rings is 8. The first-order valence-electron chi connectivity index (χ1n) is 19.9. The lowest BCUT2D eigenvalue weighted by atomic mass is 9.78. The van der Waals surface area contributed by atoms with Gasteiger partial charge in [0, 0.05) is 0 Å². The van der Waals surface area contributed by atoms with Crippen LogP contribution >= 0.6 is 0 Å². The number of aryl methyl sites for hydroxylation is 1. The molecule has 0 heterocycles. The predicted molar refractivity (Wildman–Crippen MR) is 242 cm³/mol. The van der Waals surface area contributed by atoms with Crippen LogP contribution < -0.4 is 0 Å². The summed E-state index contributed by atoms with van der Waals surface area (Å²) in [5.74, 6) is 0. The average molecular weight is 723 g/mol. The molecule has 274 valence electrons. The van der Waals surface area contributed by atoms with E-state index in [0.29, 0.717) is 0 Å². The molecule has 0 unspecified atom stereocenters. The second kappa shape index (κ2) is 15.1. The van der Waals surface area contributed by atoms with Gasteiger partial charge in [-0.3, -0.25) is 0 Å². The van der Waals surface area contributed by atoms with Crippen LogP contribution in [0.5, 0.6) is 0 Å². The minimum absolute atomic E-state index is 1.22. The minimum Gasteiger partial charge on any atom is -0.0622 e. The summed E-state index contributed by atoms with van der Waals surface area (Å²) in [5.41, 5.74) is 28.4. The first kappa shape index (κ1) is 36.7. The van der Waals surface area contributed by atoms with Gasteiger partial charge in [-0.15, -0.1) is 0 Å². The Balaban J connectivity index is 1.36. The van der Waals surface area contributed by atoms with Crippen LogP contribution in [0.25, 0.3) is 77.9 Å². The number of hydrogen-bond donors (Lipinski definition) is 0. The molecule has 0 bridgehead atoms. The Labute approximate surface area is 334 Å². The van der Waals surface area contributed by atoms with Crippen molar-refractivity contribution in [1.29, 1.82) is 0 Å². The zero-order valence-electron chi connectivity index (χ0n) is 34.0. The van der Waals surface area contributed by atoms with Crippen LogP contribution in [0.4, 0.5) is 0 Å². The molecule has 0 aliphatic carbocycles. The fourth-order valence-corrected chi connectivity index (χ4v) is 8.91. The van der Waals surface area contributed by atoms with Crippen molar-refractivity contribution < 1.29 is 0 Å². The highest BCUT2D eigenvalue weighted by Gasteiger charge is 2.24. The van der Waals surface area contributed by atoms with Crippen LogP contribution in [0, 0.1) is 55.4 Å². The lowest BCUT2D eigenvalue weighted by Gasteiger charge is -2.25. The van der Waals surface area contributed by atoms with E-state index in [1.54, 1.807) is 0 Å². The van der Waals surface area contributed by atoms with Gasteiger partial charge in [-0.1, -0.05) is 158 Å². The van der Waals surface area contributed by atoms with E-state index in [-0.39, 0.29) is 0 Å². The lowest BCUT2D eigenvalue weighted by molar-refractivity contribution is 1.17. The van der Waals surface area contributed by atoms with Crippen LogP contribution in [-0.4, -0.2) is 0 Å². The molecule has 0 fully saturated rings. The summed E-state index contributed by atoms with van der Waals surface area (Å²) in [4.78, 5) is 0. The first-order chi connectivity index (χ1) is 27.2. The number of rotatable bonds is 7. The first-order valence-corrected chi connectivity index (χ1v) is 19.9. The SMILES string of the molecule is Cc1cc(-c2c(C)c(C)c(C)c(C)c2C)c(-c2ccccc2-c2ccccc2-c2ccccc2-c2ccccc2-c2ccccc2-c2ccccc2)c(C)c1C. The quantitative estimate of drug-likeness (QED) is 0.154. The maximum absolute atomic E-state index is 2.45. The summed E-state index contributed by atoms with van der Waals surface area (Å²) >= 11 is 0. The van der Waals surface area contributed by atoms with E-state index in [0.717, 1.165) is 0 Å². The van der Waals surface area contributed by atoms with Crippen molar-refractivity contribution in [3.8, 4) is 77.9 Å². The molecule has 8 aromatic rings. The highest BCUT2D eigenvalue weighted by atomic mass is 14.3. The fraction of sp³-hybridized carbons (Fsp3) is 0.143. The Morgan fingerprint density at radius 2 is 0.500 bits per heavy atom. The van der Waals surface area contributed by atoms with Crippen molar-refractivity contribution >= 4 is 0 Å². The summed E-state index contributed by atoms with van der Waals surface area (Å²) in [6.45, 7) is 18.3. The van der Waals surface area contributed by atoms with Gasteiger partial charge in [-0.2, -0.15) is 0 Å². The maximum atomic E-state index is 2.45. The normalized spacial score (nSPS) is 11.2. The van der Waals surface area contributed by atoms with Gasteiger partial charge in [0.15, 0.2) is 0 Å². The third-order valence-corrected chi connectivity index (χ3v) is 12.6. The Bertz CT molecular complexity index is 2730. The summed E-state index contributed by atoms with van der Waals surface area (Å²) in [7, 11) is 0. The van der Waals surface area contributed by atoms with E-state index in [1.807, 2.05) is 0 Å². The van der Waals surface area contributed by atoms with E-state index >= 15 is 0 Å². The molecule has 0 amide bonds. The summed E-state index contributed by atoms with van der Waals surface area (Å²) in [6, 6.07) is 57.9. The van der Waals surface area contributed by atoms with Crippen LogP contribution in [0.1, 0.15) is 44.5 Å². The zero-order valence-corrected chi connectivity index (χ0v) is 34.0. The van der Waals surface area contributed by atoms with Gasteiger partial charge in [0.2, 0.25) is 0 Å².